The molecule has 7 nitrogen and oxygen atoms in total. The summed E-state index contributed by atoms with van der Waals surface area (Å²) >= 11 is 3.33. The van der Waals surface area contributed by atoms with E-state index < -0.39 is 11.4 Å². The van der Waals surface area contributed by atoms with Crippen LogP contribution in [0.25, 0.3) is 11.0 Å². The highest BCUT2D eigenvalue weighted by Crippen LogP contribution is 2.25. The number of fused-ring (bicyclic) bond motifs is 1. The van der Waals surface area contributed by atoms with E-state index in [4.69, 9.17) is 0 Å². The van der Waals surface area contributed by atoms with Crippen molar-refractivity contribution in [3.8, 4) is 0 Å². The smallest absolute Gasteiger partial charge is 0.341 e. The first-order valence-electron chi connectivity index (χ1n) is 9.83. The van der Waals surface area contributed by atoms with E-state index >= 15 is 0 Å². The molecule has 0 aromatic carbocycles. The second-order valence-electron chi connectivity index (χ2n) is 7.23. The lowest BCUT2D eigenvalue weighted by atomic mass is 10.0. The van der Waals surface area contributed by atoms with E-state index in [1.807, 2.05) is 4.57 Å². The number of nitrogens with zero attached hydrogens (tertiary/aromatic N) is 4. The van der Waals surface area contributed by atoms with Crippen LogP contribution in [0.3, 0.4) is 0 Å². The van der Waals surface area contributed by atoms with Crippen LogP contribution in [0.15, 0.2) is 27.7 Å². The lowest BCUT2D eigenvalue weighted by Gasteiger charge is -2.35. The zero-order valence-electron chi connectivity index (χ0n) is 16.4. The van der Waals surface area contributed by atoms with Crippen molar-refractivity contribution in [1.82, 2.24) is 19.4 Å². The van der Waals surface area contributed by atoms with E-state index in [9.17, 15) is 14.7 Å². The molecule has 1 unspecified atom stereocenters. The molecule has 1 aliphatic rings. The maximum absolute atomic E-state index is 12.6. The van der Waals surface area contributed by atoms with Crippen molar-refractivity contribution in [2.75, 3.05) is 39.3 Å². The molecule has 8 heteroatoms. The average Bonchev–Trinajstić information content (AvgIpc) is 2.69. The molecule has 28 heavy (non-hydrogen) atoms. The molecule has 0 bridgehead atoms. The van der Waals surface area contributed by atoms with Crippen molar-refractivity contribution in [2.24, 2.45) is 0 Å². The fourth-order valence-corrected chi connectivity index (χ4v) is 4.25. The van der Waals surface area contributed by atoms with Gasteiger partial charge in [0.05, 0.1) is 5.39 Å². The van der Waals surface area contributed by atoms with E-state index in [0.29, 0.717) is 15.5 Å². The molecule has 152 valence electrons. The topological polar surface area (TPSA) is 78.7 Å². The molecule has 1 aliphatic heterocycles. The minimum absolute atomic E-state index is 0.0975. The van der Waals surface area contributed by atoms with Crippen molar-refractivity contribution in [1.29, 1.82) is 0 Å². The molecule has 2 aromatic rings. The predicted molar refractivity (Wildman–Crippen MR) is 113 cm³/mol. The third kappa shape index (κ3) is 4.45. The Morgan fingerprint density at radius 1 is 1.39 bits per heavy atom. The third-order valence-electron chi connectivity index (χ3n) is 5.57. The van der Waals surface area contributed by atoms with Gasteiger partial charge in [-0.3, -0.25) is 4.79 Å². The van der Waals surface area contributed by atoms with E-state index in [2.05, 4.69) is 44.6 Å². The minimum atomic E-state index is -1.20. The Labute approximate surface area is 173 Å². The maximum Gasteiger partial charge on any atom is 0.341 e. The molecule has 2 aromatic heterocycles. The van der Waals surface area contributed by atoms with Crippen molar-refractivity contribution in [3.05, 3.63) is 38.7 Å². The van der Waals surface area contributed by atoms with Crippen molar-refractivity contribution in [2.45, 2.75) is 32.7 Å². The number of carboxylic acids is 1. The first kappa shape index (κ1) is 21.0. The fourth-order valence-electron chi connectivity index (χ4n) is 3.92. The average molecular weight is 451 g/mol. The lowest BCUT2D eigenvalue weighted by molar-refractivity contribution is 0.0694. The lowest BCUT2D eigenvalue weighted by Crippen LogP contribution is -2.41. The summed E-state index contributed by atoms with van der Waals surface area (Å²) in [6.45, 7) is 10.3. The van der Waals surface area contributed by atoms with Crippen LogP contribution in [0, 0.1) is 0 Å². The highest BCUT2D eigenvalue weighted by Gasteiger charge is 2.25. The van der Waals surface area contributed by atoms with E-state index in [1.54, 1.807) is 12.3 Å². The Balaban J connectivity index is 1.93. The van der Waals surface area contributed by atoms with Crippen molar-refractivity contribution in [3.63, 3.8) is 0 Å². The van der Waals surface area contributed by atoms with Crippen molar-refractivity contribution < 1.29 is 9.90 Å². The summed E-state index contributed by atoms with van der Waals surface area (Å²) in [5.41, 5.74) is -0.136. The number of hydrogen-bond acceptors (Lipinski definition) is 5. The van der Waals surface area contributed by atoms with Crippen LogP contribution in [-0.2, 0) is 0 Å². The third-order valence-corrected chi connectivity index (χ3v) is 6.00. The molecule has 0 saturated carbocycles. The zero-order valence-corrected chi connectivity index (χ0v) is 18.0. The largest absolute Gasteiger partial charge is 0.477 e. The molecular formula is C20H27BrN4O3. The standard InChI is InChI=1S/C20H27BrN4O3/c1-3-23(4-2)8-9-24-7-5-6-15(12-24)25-13-17(20(27)28)18(26)16-10-14(21)11-22-19(16)25/h10-11,13,15H,3-9,12H2,1-2H3,(H,27,28). The molecule has 0 aliphatic carbocycles. The van der Waals surface area contributed by atoms with Gasteiger partial charge < -0.3 is 19.5 Å². The van der Waals surface area contributed by atoms with Crippen LogP contribution in [0.4, 0.5) is 0 Å². The second kappa shape index (κ2) is 9.15. The molecule has 0 radical (unpaired) electrons. The molecular weight excluding hydrogens is 424 g/mol. The van der Waals surface area contributed by atoms with Gasteiger partial charge in [-0.2, -0.15) is 0 Å². The van der Waals surface area contributed by atoms with E-state index in [0.717, 1.165) is 52.1 Å². The van der Waals surface area contributed by atoms with Gasteiger partial charge in [-0.1, -0.05) is 13.8 Å². The van der Waals surface area contributed by atoms with Crippen LogP contribution in [0.5, 0.6) is 0 Å². The maximum atomic E-state index is 12.6. The first-order valence-corrected chi connectivity index (χ1v) is 10.6. The van der Waals surface area contributed by atoms with E-state index in [-0.39, 0.29) is 11.6 Å². The fraction of sp³-hybridized carbons (Fsp3) is 0.550. The summed E-state index contributed by atoms with van der Waals surface area (Å²) < 4.78 is 2.56. The Morgan fingerprint density at radius 2 is 2.14 bits per heavy atom. The SMILES string of the molecule is CCN(CC)CCN1CCCC(n2cc(C(=O)O)c(=O)c3cc(Br)cnc32)C1. The van der Waals surface area contributed by atoms with E-state index in [1.165, 1.54) is 6.20 Å². The van der Waals surface area contributed by atoms with Gasteiger partial charge in [0.2, 0.25) is 5.43 Å². The number of likely N-dealkylation sites (tertiary alicyclic amines) is 1. The number of aromatic nitrogens is 2. The number of hydrogen-bond donors (Lipinski definition) is 1. The Bertz CT molecular complexity index is 910. The predicted octanol–water partition coefficient (Wildman–Crippen LogP) is 2.84. The Hall–Kier alpha value is -1.77. The molecule has 0 amide bonds. The summed E-state index contributed by atoms with van der Waals surface area (Å²) in [7, 11) is 0. The van der Waals surface area contributed by atoms with Crippen LogP contribution < -0.4 is 5.43 Å². The van der Waals surface area contributed by atoms with Gasteiger partial charge in [0, 0.05) is 42.5 Å². The zero-order chi connectivity index (χ0) is 20.3. The number of aromatic carboxylic acids is 1. The van der Waals surface area contributed by atoms with Crippen LogP contribution in [-0.4, -0.2) is 69.7 Å². The summed E-state index contributed by atoms with van der Waals surface area (Å²) in [6, 6.07) is 1.76. The van der Waals surface area contributed by atoms with Gasteiger partial charge in [-0.05, 0) is 54.5 Å². The van der Waals surface area contributed by atoms with Crippen LogP contribution in [0.2, 0.25) is 0 Å². The minimum Gasteiger partial charge on any atom is -0.477 e. The van der Waals surface area contributed by atoms with Crippen molar-refractivity contribution >= 4 is 32.9 Å². The number of likely N-dealkylation sites (N-methyl/N-ethyl adjacent to an activating group) is 1. The highest BCUT2D eigenvalue weighted by molar-refractivity contribution is 9.10. The first-order chi connectivity index (χ1) is 13.4. The van der Waals surface area contributed by atoms with Gasteiger partial charge in [-0.15, -0.1) is 0 Å². The number of pyridine rings is 2. The van der Waals surface area contributed by atoms with Crippen LogP contribution in [0.1, 0.15) is 43.1 Å². The number of carbonyl (C=O) groups is 1. The summed E-state index contributed by atoms with van der Waals surface area (Å²) in [6.07, 6.45) is 5.11. The molecule has 1 fully saturated rings. The van der Waals surface area contributed by atoms with Gasteiger partial charge in [-0.25, -0.2) is 9.78 Å². The molecule has 1 atom stereocenters. The van der Waals surface area contributed by atoms with Gasteiger partial charge in [0.1, 0.15) is 11.2 Å². The number of halogens is 1. The highest BCUT2D eigenvalue weighted by atomic mass is 79.9. The van der Waals surface area contributed by atoms with Gasteiger partial charge >= 0.3 is 5.97 Å². The number of piperidine rings is 1. The molecule has 1 N–H and O–H groups in total. The molecule has 3 heterocycles. The van der Waals surface area contributed by atoms with Gasteiger partial charge in [0.25, 0.3) is 0 Å². The monoisotopic (exact) mass is 450 g/mol. The Morgan fingerprint density at radius 3 is 2.82 bits per heavy atom. The summed E-state index contributed by atoms with van der Waals surface area (Å²) in [4.78, 5) is 33.5. The second-order valence-corrected chi connectivity index (χ2v) is 8.15. The van der Waals surface area contributed by atoms with Gasteiger partial charge in [0.15, 0.2) is 0 Å². The molecule has 1 saturated heterocycles. The Kier molecular flexibility index (Phi) is 6.85. The summed E-state index contributed by atoms with van der Waals surface area (Å²) in [5, 5.41) is 9.85. The number of rotatable bonds is 7. The van der Waals surface area contributed by atoms with Crippen LogP contribution >= 0.6 is 15.9 Å². The quantitative estimate of drug-likeness (QED) is 0.698. The molecule has 3 rings (SSSR count). The number of carboxylic acid groups (broad SMARTS) is 1. The summed E-state index contributed by atoms with van der Waals surface area (Å²) in [5.74, 6) is -1.20. The normalized spacial score (nSPS) is 18.1. The molecule has 0 spiro atoms.